The highest BCUT2D eigenvalue weighted by Crippen LogP contribution is 2.36. The minimum atomic E-state index is -0.817. The molecule has 1 unspecified atom stereocenters. The first-order valence-electron chi connectivity index (χ1n) is 6.92. The van der Waals surface area contributed by atoms with Crippen LogP contribution < -0.4 is 5.73 Å². The number of nitrogens with two attached hydrogens (primary N) is 1. The topological polar surface area (TPSA) is 63.3 Å². The second-order valence-electron chi connectivity index (χ2n) is 5.21. The Kier molecular flexibility index (Phi) is 5.75. The van der Waals surface area contributed by atoms with E-state index in [4.69, 9.17) is 22.4 Å². The first-order valence-corrected chi connectivity index (χ1v) is 8.45. The van der Waals surface area contributed by atoms with Crippen LogP contribution in [0.4, 0.5) is 0 Å². The Bertz CT molecular complexity index is 475. The number of carbonyl (C=O) groups is 1. The molecule has 2 rings (SSSR count). The normalized spacial score (nSPS) is 17.9. The Balaban J connectivity index is 2.06. The summed E-state index contributed by atoms with van der Waals surface area (Å²) in [6.07, 6.45) is 2.87. The maximum absolute atomic E-state index is 10.6. The zero-order valence-corrected chi connectivity index (χ0v) is 12.9. The van der Waals surface area contributed by atoms with Crippen LogP contribution in [0.1, 0.15) is 48.8 Å². The fourth-order valence-corrected chi connectivity index (χ4v) is 4.01. The average Bonchev–Trinajstić information content (AvgIpc) is 2.45. The Labute approximate surface area is 128 Å². The number of halogens is 1. The van der Waals surface area contributed by atoms with Crippen molar-refractivity contribution < 1.29 is 9.90 Å². The van der Waals surface area contributed by atoms with Crippen LogP contribution in [0, 0.1) is 0 Å². The summed E-state index contributed by atoms with van der Waals surface area (Å²) >= 11 is 8.39. The van der Waals surface area contributed by atoms with Gasteiger partial charge in [-0.3, -0.25) is 4.79 Å². The zero-order valence-electron chi connectivity index (χ0n) is 11.3. The quantitative estimate of drug-likeness (QED) is 0.867. The van der Waals surface area contributed by atoms with Gasteiger partial charge in [0.1, 0.15) is 0 Å². The van der Waals surface area contributed by atoms with E-state index in [1.54, 1.807) is 0 Å². The SMILES string of the molecule is NC(CCC(=O)O)c1ccc(C2CCSCC2)c(Cl)c1. The molecule has 0 aliphatic carbocycles. The van der Waals surface area contributed by atoms with Crippen molar-refractivity contribution in [3.63, 3.8) is 0 Å². The molecule has 1 saturated heterocycles. The summed E-state index contributed by atoms with van der Waals surface area (Å²) in [5.41, 5.74) is 8.15. The van der Waals surface area contributed by atoms with Crippen molar-refractivity contribution in [1.29, 1.82) is 0 Å². The third-order valence-corrected chi connectivity index (χ3v) is 5.16. The van der Waals surface area contributed by atoms with E-state index >= 15 is 0 Å². The number of benzene rings is 1. The summed E-state index contributed by atoms with van der Waals surface area (Å²) in [7, 11) is 0. The van der Waals surface area contributed by atoms with Crippen LogP contribution >= 0.6 is 23.4 Å². The minimum Gasteiger partial charge on any atom is -0.481 e. The van der Waals surface area contributed by atoms with Crippen LogP contribution in [0.25, 0.3) is 0 Å². The van der Waals surface area contributed by atoms with Crippen molar-refractivity contribution in [2.75, 3.05) is 11.5 Å². The maximum Gasteiger partial charge on any atom is 0.303 e. The third-order valence-electron chi connectivity index (χ3n) is 3.78. The molecule has 20 heavy (non-hydrogen) atoms. The predicted molar refractivity (Wildman–Crippen MR) is 84.6 cm³/mol. The van der Waals surface area contributed by atoms with Crippen molar-refractivity contribution in [1.82, 2.24) is 0 Å². The van der Waals surface area contributed by atoms with Crippen molar-refractivity contribution >= 4 is 29.3 Å². The molecule has 1 aliphatic rings. The number of aliphatic carboxylic acids is 1. The van der Waals surface area contributed by atoms with E-state index in [0.29, 0.717) is 12.3 Å². The Morgan fingerprint density at radius 1 is 1.45 bits per heavy atom. The lowest BCUT2D eigenvalue weighted by Gasteiger charge is -2.23. The minimum absolute atomic E-state index is 0.0837. The molecule has 3 N–H and O–H groups in total. The number of hydrogen-bond acceptors (Lipinski definition) is 3. The summed E-state index contributed by atoms with van der Waals surface area (Å²) in [4.78, 5) is 10.6. The van der Waals surface area contributed by atoms with Gasteiger partial charge in [-0.05, 0) is 53.9 Å². The van der Waals surface area contributed by atoms with Gasteiger partial charge in [-0.1, -0.05) is 23.7 Å². The molecule has 1 aliphatic heterocycles. The highest BCUT2D eigenvalue weighted by Gasteiger charge is 2.19. The standard InChI is InChI=1S/C15H20ClNO2S/c16-13-9-11(14(17)3-4-15(18)19)1-2-12(13)10-5-7-20-8-6-10/h1-2,9-10,14H,3-8,17H2,(H,18,19). The van der Waals surface area contributed by atoms with Gasteiger partial charge in [0, 0.05) is 17.5 Å². The van der Waals surface area contributed by atoms with Crippen LogP contribution in [0.3, 0.4) is 0 Å². The number of carboxylic acid groups (broad SMARTS) is 1. The van der Waals surface area contributed by atoms with E-state index in [1.165, 1.54) is 29.9 Å². The first kappa shape index (κ1) is 15.7. The molecular formula is C15H20ClNO2S. The smallest absolute Gasteiger partial charge is 0.303 e. The van der Waals surface area contributed by atoms with Gasteiger partial charge < -0.3 is 10.8 Å². The highest BCUT2D eigenvalue weighted by molar-refractivity contribution is 7.99. The largest absolute Gasteiger partial charge is 0.481 e. The molecule has 1 fully saturated rings. The molecule has 0 aromatic heterocycles. The van der Waals surface area contributed by atoms with Crippen molar-refractivity contribution in [2.45, 2.75) is 37.6 Å². The Hall–Kier alpha value is -0.710. The Morgan fingerprint density at radius 2 is 2.15 bits per heavy atom. The molecule has 1 atom stereocenters. The van der Waals surface area contributed by atoms with Gasteiger partial charge >= 0.3 is 5.97 Å². The van der Waals surface area contributed by atoms with Gasteiger partial charge in [-0.25, -0.2) is 0 Å². The predicted octanol–water partition coefficient (Wildman–Crippen LogP) is 3.82. The molecule has 0 radical (unpaired) electrons. The van der Waals surface area contributed by atoms with E-state index in [-0.39, 0.29) is 12.5 Å². The van der Waals surface area contributed by atoms with Crippen molar-refractivity contribution in [3.8, 4) is 0 Å². The zero-order chi connectivity index (χ0) is 14.5. The molecule has 0 saturated carbocycles. The second-order valence-corrected chi connectivity index (χ2v) is 6.84. The number of thioether (sulfide) groups is 1. The summed E-state index contributed by atoms with van der Waals surface area (Å²) < 4.78 is 0. The van der Waals surface area contributed by atoms with Crippen LogP contribution in [0.5, 0.6) is 0 Å². The number of rotatable bonds is 5. The molecule has 1 heterocycles. The van der Waals surface area contributed by atoms with Crippen LogP contribution in [0.15, 0.2) is 18.2 Å². The van der Waals surface area contributed by atoms with Gasteiger partial charge in [-0.2, -0.15) is 11.8 Å². The molecule has 0 amide bonds. The van der Waals surface area contributed by atoms with E-state index < -0.39 is 5.97 Å². The summed E-state index contributed by atoms with van der Waals surface area (Å²) in [6.45, 7) is 0. The lowest BCUT2D eigenvalue weighted by molar-refractivity contribution is -0.137. The molecule has 0 spiro atoms. The van der Waals surface area contributed by atoms with E-state index in [1.807, 2.05) is 23.9 Å². The second kappa shape index (κ2) is 7.34. The summed E-state index contributed by atoms with van der Waals surface area (Å²) in [5.74, 6) is 2.12. The van der Waals surface area contributed by atoms with Crippen molar-refractivity contribution in [2.24, 2.45) is 5.73 Å². The summed E-state index contributed by atoms with van der Waals surface area (Å²) in [6, 6.07) is 5.71. The fraction of sp³-hybridized carbons (Fsp3) is 0.533. The molecule has 5 heteroatoms. The van der Waals surface area contributed by atoms with Crippen LogP contribution in [-0.2, 0) is 4.79 Å². The van der Waals surface area contributed by atoms with Gasteiger partial charge in [0.2, 0.25) is 0 Å². The van der Waals surface area contributed by atoms with Crippen molar-refractivity contribution in [3.05, 3.63) is 34.3 Å². The van der Waals surface area contributed by atoms with Crippen LogP contribution in [-0.4, -0.2) is 22.6 Å². The van der Waals surface area contributed by atoms with Gasteiger partial charge in [0.15, 0.2) is 0 Å². The fourth-order valence-electron chi connectivity index (χ4n) is 2.56. The average molecular weight is 314 g/mol. The third kappa shape index (κ3) is 4.14. The van der Waals surface area contributed by atoms with Gasteiger partial charge in [-0.15, -0.1) is 0 Å². The number of hydrogen-bond donors (Lipinski definition) is 2. The van der Waals surface area contributed by atoms with Crippen LogP contribution in [0.2, 0.25) is 5.02 Å². The monoisotopic (exact) mass is 313 g/mol. The summed E-state index contributed by atoms with van der Waals surface area (Å²) in [5, 5.41) is 9.46. The molecule has 110 valence electrons. The number of carboxylic acids is 1. The molecule has 3 nitrogen and oxygen atoms in total. The van der Waals surface area contributed by atoms with Gasteiger partial charge in [0.25, 0.3) is 0 Å². The first-order chi connectivity index (χ1) is 9.58. The molecule has 1 aromatic carbocycles. The lowest BCUT2D eigenvalue weighted by Crippen LogP contribution is -2.13. The van der Waals surface area contributed by atoms with Gasteiger partial charge in [0.05, 0.1) is 0 Å². The lowest BCUT2D eigenvalue weighted by atomic mass is 9.91. The molecule has 0 bridgehead atoms. The van der Waals surface area contributed by atoms with E-state index in [2.05, 4.69) is 6.07 Å². The molecule has 1 aromatic rings. The highest BCUT2D eigenvalue weighted by atomic mass is 35.5. The van der Waals surface area contributed by atoms with E-state index in [0.717, 1.165) is 10.6 Å². The Morgan fingerprint density at radius 3 is 2.75 bits per heavy atom. The maximum atomic E-state index is 10.6. The molecular weight excluding hydrogens is 294 g/mol. The van der Waals surface area contributed by atoms with E-state index in [9.17, 15) is 4.79 Å².